The number of carboxylic acids is 1. The van der Waals surface area contributed by atoms with Crippen LogP contribution in [0.3, 0.4) is 0 Å². The van der Waals surface area contributed by atoms with Crippen LogP contribution >= 0.6 is 11.8 Å². The number of rotatable bonds is 5. The summed E-state index contributed by atoms with van der Waals surface area (Å²) in [5.74, 6) is -0.803. The number of nitrogens with one attached hydrogen (secondary N) is 1. The van der Waals surface area contributed by atoms with E-state index in [-0.39, 0.29) is 11.7 Å². The molecule has 1 rings (SSSR count). The summed E-state index contributed by atoms with van der Waals surface area (Å²) in [5, 5.41) is 22.2. The van der Waals surface area contributed by atoms with Crippen LogP contribution in [0.25, 0.3) is 0 Å². The molecule has 0 aliphatic carbocycles. The van der Waals surface area contributed by atoms with Crippen LogP contribution in [0.1, 0.15) is 19.8 Å². The van der Waals surface area contributed by atoms with Gasteiger partial charge in [0.1, 0.15) is 0 Å². The summed E-state index contributed by atoms with van der Waals surface area (Å²) in [7, 11) is 0. The minimum Gasteiger partial charge on any atom is -0.481 e. The standard InChI is InChI=1S/C6H10N4O2S/c1-2-4(3-5(11)12)13-6-7-9-10-8-6/h4H,2-3H2,1H3,(H,11,12)(H,7,8,9,10). The minimum absolute atomic E-state index is 0.00935. The fraction of sp³-hybridized carbons (Fsp3) is 0.667. The van der Waals surface area contributed by atoms with E-state index in [1.807, 2.05) is 6.92 Å². The van der Waals surface area contributed by atoms with Gasteiger partial charge < -0.3 is 5.11 Å². The molecule has 1 heterocycles. The first kappa shape index (κ1) is 9.97. The highest BCUT2D eigenvalue weighted by molar-refractivity contribution is 7.99. The first-order valence-electron chi connectivity index (χ1n) is 3.84. The lowest BCUT2D eigenvalue weighted by Crippen LogP contribution is -2.08. The maximum Gasteiger partial charge on any atom is 0.304 e. The van der Waals surface area contributed by atoms with Gasteiger partial charge in [0.25, 0.3) is 0 Å². The lowest BCUT2D eigenvalue weighted by atomic mass is 10.2. The molecule has 13 heavy (non-hydrogen) atoms. The van der Waals surface area contributed by atoms with Gasteiger partial charge in [-0.2, -0.15) is 5.21 Å². The number of hydrogen-bond donors (Lipinski definition) is 2. The second-order valence-electron chi connectivity index (χ2n) is 2.44. The monoisotopic (exact) mass is 202 g/mol. The van der Waals surface area contributed by atoms with Crippen molar-refractivity contribution >= 4 is 17.7 Å². The molecular weight excluding hydrogens is 192 g/mol. The Balaban J connectivity index is 2.45. The van der Waals surface area contributed by atoms with E-state index in [9.17, 15) is 4.79 Å². The van der Waals surface area contributed by atoms with Crippen molar-refractivity contribution in [2.75, 3.05) is 0 Å². The van der Waals surface area contributed by atoms with Gasteiger partial charge in [-0.25, -0.2) is 0 Å². The van der Waals surface area contributed by atoms with E-state index in [2.05, 4.69) is 20.6 Å². The van der Waals surface area contributed by atoms with Crippen LogP contribution in [0.15, 0.2) is 5.16 Å². The number of hydrogen-bond acceptors (Lipinski definition) is 5. The van der Waals surface area contributed by atoms with Crippen molar-refractivity contribution < 1.29 is 9.90 Å². The third-order valence-electron chi connectivity index (χ3n) is 1.46. The second kappa shape index (κ2) is 4.80. The maximum atomic E-state index is 10.4. The highest BCUT2D eigenvalue weighted by Gasteiger charge is 2.14. The minimum atomic E-state index is -0.803. The summed E-state index contributed by atoms with van der Waals surface area (Å²) >= 11 is 1.33. The van der Waals surface area contributed by atoms with E-state index < -0.39 is 5.97 Å². The molecule has 7 heteroatoms. The van der Waals surface area contributed by atoms with Crippen LogP contribution < -0.4 is 0 Å². The zero-order valence-electron chi connectivity index (χ0n) is 7.10. The van der Waals surface area contributed by atoms with E-state index >= 15 is 0 Å². The quantitative estimate of drug-likeness (QED) is 0.677. The maximum absolute atomic E-state index is 10.4. The molecule has 0 bridgehead atoms. The van der Waals surface area contributed by atoms with E-state index in [1.54, 1.807) is 0 Å². The van der Waals surface area contributed by atoms with Crippen molar-refractivity contribution in [1.29, 1.82) is 0 Å². The fourth-order valence-corrected chi connectivity index (χ4v) is 1.69. The molecule has 0 aromatic carbocycles. The number of carbonyl (C=O) groups is 1. The Morgan fingerprint density at radius 2 is 2.54 bits per heavy atom. The largest absolute Gasteiger partial charge is 0.481 e. The second-order valence-corrected chi connectivity index (χ2v) is 3.71. The number of aromatic nitrogens is 4. The summed E-state index contributed by atoms with van der Waals surface area (Å²) in [6.07, 6.45) is 0.890. The summed E-state index contributed by atoms with van der Waals surface area (Å²) in [5.41, 5.74) is 0. The SMILES string of the molecule is CCC(CC(=O)O)Sc1nn[nH]n1. The first-order chi connectivity index (χ1) is 6.22. The summed E-state index contributed by atoms with van der Waals surface area (Å²) < 4.78 is 0. The van der Waals surface area contributed by atoms with Gasteiger partial charge in [0, 0.05) is 5.25 Å². The van der Waals surface area contributed by atoms with Crippen LogP contribution in [0.5, 0.6) is 0 Å². The zero-order valence-corrected chi connectivity index (χ0v) is 7.91. The van der Waals surface area contributed by atoms with Crippen molar-refractivity contribution in [2.24, 2.45) is 0 Å². The number of nitrogens with zero attached hydrogens (tertiary/aromatic N) is 3. The molecular formula is C6H10N4O2S. The molecule has 0 radical (unpaired) electrons. The lowest BCUT2D eigenvalue weighted by Gasteiger charge is -2.07. The number of aromatic amines is 1. The average Bonchev–Trinajstić information content (AvgIpc) is 2.55. The third kappa shape index (κ3) is 3.41. The highest BCUT2D eigenvalue weighted by atomic mass is 32.2. The van der Waals surface area contributed by atoms with Crippen LogP contribution in [0, 0.1) is 0 Å². The molecule has 0 saturated heterocycles. The Kier molecular flexibility index (Phi) is 3.69. The Hall–Kier alpha value is -1.11. The predicted octanol–water partition coefficient (Wildman–Crippen LogP) is 0.545. The molecule has 0 amide bonds. The highest BCUT2D eigenvalue weighted by Crippen LogP contribution is 2.23. The molecule has 1 unspecified atom stereocenters. The molecule has 2 N–H and O–H groups in total. The molecule has 72 valence electrons. The van der Waals surface area contributed by atoms with Gasteiger partial charge in [0.2, 0.25) is 5.16 Å². The molecule has 1 aromatic heterocycles. The Bertz CT molecular complexity index is 264. The van der Waals surface area contributed by atoms with Gasteiger partial charge >= 0.3 is 5.97 Å². The van der Waals surface area contributed by atoms with Gasteiger partial charge in [0.15, 0.2) is 0 Å². The molecule has 0 aliphatic rings. The topological polar surface area (TPSA) is 91.8 Å². The van der Waals surface area contributed by atoms with E-state index in [4.69, 9.17) is 5.11 Å². The number of carboxylic acid groups (broad SMARTS) is 1. The third-order valence-corrected chi connectivity index (χ3v) is 2.67. The molecule has 1 atom stereocenters. The molecule has 0 aliphatic heterocycles. The molecule has 0 fully saturated rings. The lowest BCUT2D eigenvalue weighted by molar-refractivity contribution is -0.136. The first-order valence-corrected chi connectivity index (χ1v) is 4.72. The van der Waals surface area contributed by atoms with Gasteiger partial charge in [-0.3, -0.25) is 4.79 Å². The number of aliphatic carboxylic acids is 1. The molecule has 6 nitrogen and oxygen atoms in total. The van der Waals surface area contributed by atoms with Gasteiger partial charge in [0.05, 0.1) is 6.42 Å². The molecule has 1 aromatic rings. The van der Waals surface area contributed by atoms with Crippen molar-refractivity contribution in [1.82, 2.24) is 20.6 Å². The van der Waals surface area contributed by atoms with Gasteiger partial charge in [-0.1, -0.05) is 18.7 Å². The van der Waals surface area contributed by atoms with Crippen LogP contribution in [0.2, 0.25) is 0 Å². The Morgan fingerprint density at radius 1 is 1.77 bits per heavy atom. The number of H-pyrrole nitrogens is 1. The van der Waals surface area contributed by atoms with Crippen molar-refractivity contribution in [2.45, 2.75) is 30.2 Å². The van der Waals surface area contributed by atoms with Crippen LogP contribution in [-0.2, 0) is 4.79 Å². The van der Waals surface area contributed by atoms with E-state index in [0.29, 0.717) is 5.16 Å². The summed E-state index contributed by atoms with van der Waals surface area (Å²) in [6, 6.07) is 0. The Morgan fingerprint density at radius 3 is 3.00 bits per heavy atom. The smallest absolute Gasteiger partial charge is 0.304 e. The number of thioether (sulfide) groups is 1. The summed E-state index contributed by atoms with van der Waals surface area (Å²) in [4.78, 5) is 10.4. The predicted molar refractivity (Wildman–Crippen MR) is 46.4 cm³/mol. The van der Waals surface area contributed by atoms with E-state index in [1.165, 1.54) is 11.8 Å². The molecule has 0 saturated carbocycles. The normalized spacial score (nSPS) is 12.7. The van der Waals surface area contributed by atoms with Crippen molar-refractivity contribution in [3.63, 3.8) is 0 Å². The van der Waals surface area contributed by atoms with Crippen molar-refractivity contribution in [3.8, 4) is 0 Å². The van der Waals surface area contributed by atoms with E-state index in [0.717, 1.165) is 6.42 Å². The zero-order chi connectivity index (χ0) is 9.68. The van der Waals surface area contributed by atoms with Gasteiger partial charge in [-0.05, 0) is 11.6 Å². The average molecular weight is 202 g/mol. The Labute approximate surface area is 79.1 Å². The van der Waals surface area contributed by atoms with Crippen molar-refractivity contribution in [3.05, 3.63) is 0 Å². The van der Waals surface area contributed by atoms with Crippen LogP contribution in [0.4, 0.5) is 0 Å². The molecule has 0 spiro atoms. The van der Waals surface area contributed by atoms with Gasteiger partial charge in [-0.15, -0.1) is 10.2 Å². The van der Waals surface area contributed by atoms with Crippen LogP contribution in [-0.4, -0.2) is 36.9 Å². The number of tetrazole rings is 1. The summed E-state index contributed by atoms with van der Waals surface area (Å²) in [6.45, 7) is 1.93. The fourth-order valence-electron chi connectivity index (χ4n) is 0.816.